The molecule has 0 aliphatic carbocycles. The van der Waals surface area contributed by atoms with Crippen LogP contribution in [0.15, 0.2) is 33.1 Å². The SMILES string of the molecule is [NH+]#CC(O)(c1ccc(CO)o1)C([O-])c1ccc(CO)o1. The Morgan fingerprint density at radius 3 is 2.25 bits per heavy atom. The van der Waals surface area contributed by atoms with Crippen molar-refractivity contribution in [2.45, 2.75) is 24.9 Å². The van der Waals surface area contributed by atoms with E-state index in [1.807, 2.05) is 0 Å². The zero-order valence-electron chi connectivity index (χ0n) is 10.4. The molecule has 2 rings (SSSR count). The fraction of sp³-hybridized carbons (Fsp3) is 0.308. The predicted octanol–water partition coefficient (Wildman–Crippen LogP) is -2.08. The molecular weight excluding hydrogens is 266 g/mol. The summed E-state index contributed by atoms with van der Waals surface area (Å²) in [6.07, 6.45) is -1.89. The van der Waals surface area contributed by atoms with E-state index in [2.05, 4.69) is 0 Å². The summed E-state index contributed by atoms with van der Waals surface area (Å²) in [6, 6.07) is 7.12. The van der Waals surface area contributed by atoms with E-state index in [0.29, 0.717) is 0 Å². The van der Waals surface area contributed by atoms with Crippen LogP contribution in [0.1, 0.15) is 29.1 Å². The summed E-state index contributed by atoms with van der Waals surface area (Å²) in [5.41, 5.74) is -2.36. The van der Waals surface area contributed by atoms with E-state index < -0.39 is 18.3 Å². The Hall–Kier alpha value is -2.11. The van der Waals surface area contributed by atoms with Gasteiger partial charge >= 0.3 is 6.07 Å². The molecule has 0 amide bonds. The van der Waals surface area contributed by atoms with Gasteiger partial charge in [-0.1, -0.05) is 5.26 Å². The minimum Gasteiger partial charge on any atom is -0.843 e. The number of aliphatic hydroxyl groups is 3. The summed E-state index contributed by atoms with van der Waals surface area (Å²) in [7, 11) is 0. The minimum atomic E-state index is -2.36. The molecule has 20 heavy (non-hydrogen) atoms. The largest absolute Gasteiger partial charge is 0.843 e. The number of hydrogen-bond donors (Lipinski definition) is 4. The lowest BCUT2D eigenvalue weighted by Gasteiger charge is -2.29. The summed E-state index contributed by atoms with van der Waals surface area (Å²) in [5, 5.41) is 47.6. The molecule has 0 aliphatic heterocycles. The second-order valence-corrected chi connectivity index (χ2v) is 4.16. The molecule has 0 spiro atoms. The van der Waals surface area contributed by atoms with Crippen LogP contribution in [-0.2, 0) is 18.8 Å². The van der Waals surface area contributed by atoms with Crippen LogP contribution in [0.4, 0.5) is 0 Å². The average Bonchev–Trinajstić information content (AvgIpc) is 3.14. The van der Waals surface area contributed by atoms with E-state index in [-0.39, 0.29) is 29.6 Å². The molecule has 0 bridgehead atoms. The van der Waals surface area contributed by atoms with Crippen molar-refractivity contribution in [2.75, 3.05) is 0 Å². The maximum atomic E-state index is 12.3. The molecule has 7 nitrogen and oxygen atoms in total. The van der Waals surface area contributed by atoms with E-state index in [1.165, 1.54) is 24.3 Å². The van der Waals surface area contributed by atoms with Crippen LogP contribution in [-0.4, -0.2) is 15.3 Å². The molecule has 0 saturated heterocycles. The van der Waals surface area contributed by atoms with E-state index in [4.69, 9.17) is 24.3 Å². The maximum absolute atomic E-state index is 12.3. The first-order valence-corrected chi connectivity index (χ1v) is 5.76. The Bertz CT molecular complexity index is 625. The number of aliphatic hydroxyl groups excluding tert-OH is 2. The lowest BCUT2D eigenvalue weighted by molar-refractivity contribution is -0.464. The van der Waals surface area contributed by atoms with Gasteiger partial charge in [0.15, 0.2) is 5.76 Å². The number of furan rings is 2. The standard InChI is InChI=1S/C13H12NO6/c14-7-13(18,11-4-2-9(6-16)20-11)12(17)10-3-1-8(5-15)19-10/h1-4,12,15-16,18H,5-6H2/q-1/p+1. The van der Waals surface area contributed by atoms with Crippen LogP contribution in [0.5, 0.6) is 0 Å². The number of rotatable bonds is 5. The molecule has 2 aromatic heterocycles. The van der Waals surface area contributed by atoms with Crippen molar-refractivity contribution in [3.8, 4) is 6.07 Å². The van der Waals surface area contributed by atoms with Gasteiger partial charge < -0.3 is 29.3 Å². The van der Waals surface area contributed by atoms with E-state index in [9.17, 15) is 10.2 Å². The van der Waals surface area contributed by atoms with Gasteiger partial charge in [0.2, 0.25) is 5.60 Å². The molecule has 2 aromatic rings. The van der Waals surface area contributed by atoms with Gasteiger partial charge in [-0.25, -0.2) is 0 Å². The van der Waals surface area contributed by atoms with Gasteiger partial charge in [-0.15, -0.1) is 0 Å². The molecule has 7 heteroatoms. The minimum absolute atomic E-state index is 0.149. The smallest absolute Gasteiger partial charge is 0.313 e. The van der Waals surface area contributed by atoms with Crippen LogP contribution >= 0.6 is 0 Å². The van der Waals surface area contributed by atoms with Crippen LogP contribution in [0, 0.1) is 6.07 Å². The molecular formula is C13H13NO6. The monoisotopic (exact) mass is 279 g/mol. The van der Waals surface area contributed by atoms with Gasteiger partial charge in [0.25, 0.3) is 0 Å². The van der Waals surface area contributed by atoms with Crippen LogP contribution in [0.25, 0.3) is 0 Å². The molecule has 2 heterocycles. The Labute approximate surface area is 113 Å². The Morgan fingerprint density at radius 2 is 1.75 bits per heavy atom. The normalized spacial score (nSPS) is 15.6. The van der Waals surface area contributed by atoms with E-state index in [1.54, 1.807) is 6.07 Å². The highest BCUT2D eigenvalue weighted by Gasteiger charge is 2.41. The summed E-state index contributed by atoms with van der Waals surface area (Å²) in [6.45, 7) is -0.776. The summed E-state index contributed by atoms with van der Waals surface area (Å²) < 4.78 is 10.2. The third-order valence-corrected chi connectivity index (χ3v) is 2.86. The second kappa shape index (κ2) is 5.48. The molecule has 2 atom stereocenters. The molecule has 0 aromatic carbocycles. The second-order valence-electron chi connectivity index (χ2n) is 4.16. The fourth-order valence-electron chi connectivity index (χ4n) is 1.75. The van der Waals surface area contributed by atoms with Crippen LogP contribution < -0.4 is 10.4 Å². The summed E-state index contributed by atoms with van der Waals surface area (Å²) in [4.78, 5) is 0. The Balaban J connectivity index is 2.36. The van der Waals surface area contributed by atoms with E-state index in [0.717, 1.165) is 0 Å². The molecule has 0 saturated carbocycles. The van der Waals surface area contributed by atoms with Crippen LogP contribution in [0.3, 0.4) is 0 Å². The van der Waals surface area contributed by atoms with Crippen molar-refractivity contribution in [3.05, 3.63) is 47.3 Å². The van der Waals surface area contributed by atoms with E-state index >= 15 is 0 Å². The predicted molar refractivity (Wildman–Crippen MR) is 60.8 cm³/mol. The third kappa shape index (κ3) is 2.33. The van der Waals surface area contributed by atoms with Gasteiger partial charge in [0, 0.05) is 0 Å². The zero-order valence-corrected chi connectivity index (χ0v) is 10.4. The average molecular weight is 279 g/mol. The fourth-order valence-corrected chi connectivity index (χ4v) is 1.75. The third-order valence-electron chi connectivity index (χ3n) is 2.86. The molecule has 106 valence electrons. The van der Waals surface area contributed by atoms with Gasteiger partial charge in [0.05, 0.1) is 5.76 Å². The molecule has 2 unspecified atom stereocenters. The molecule has 0 radical (unpaired) electrons. The molecule has 4 N–H and O–H groups in total. The highest BCUT2D eigenvalue weighted by Crippen LogP contribution is 2.34. The summed E-state index contributed by atoms with van der Waals surface area (Å²) >= 11 is 0. The van der Waals surface area contributed by atoms with Crippen molar-refractivity contribution in [2.24, 2.45) is 0 Å². The van der Waals surface area contributed by atoms with Crippen molar-refractivity contribution in [1.82, 2.24) is 0 Å². The molecule has 0 aliphatic rings. The zero-order chi connectivity index (χ0) is 14.8. The lowest BCUT2D eigenvalue weighted by Crippen LogP contribution is -2.43. The highest BCUT2D eigenvalue weighted by atomic mass is 16.4. The van der Waals surface area contributed by atoms with Gasteiger partial charge in [-0.05, 0) is 30.4 Å². The van der Waals surface area contributed by atoms with Crippen molar-refractivity contribution in [1.29, 1.82) is 0 Å². The number of hydrogen-bond acceptors (Lipinski definition) is 6. The van der Waals surface area contributed by atoms with Gasteiger partial charge in [-0.2, -0.15) is 0 Å². The van der Waals surface area contributed by atoms with Crippen molar-refractivity contribution < 1.29 is 34.5 Å². The molecule has 0 fully saturated rings. The lowest BCUT2D eigenvalue weighted by atomic mass is 9.94. The van der Waals surface area contributed by atoms with Crippen LogP contribution in [0.2, 0.25) is 0 Å². The quantitative estimate of drug-likeness (QED) is 0.464. The maximum Gasteiger partial charge on any atom is 0.313 e. The first-order valence-electron chi connectivity index (χ1n) is 5.76. The summed E-state index contributed by atoms with van der Waals surface area (Å²) in [5.74, 6) is -0.0446. The van der Waals surface area contributed by atoms with Gasteiger partial charge in [0.1, 0.15) is 24.7 Å². The first-order chi connectivity index (χ1) is 9.55. The topological polar surface area (TPSA) is 134 Å². The number of nitrogens with one attached hydrogen (secondary N) is 1. The first kappa shape index (κ1) is 14.3. The Kier molecular flexibility index (Phi) is 3.92. The van der Waals surface area contributed by atoms with Gasteiger partial charge in [-0.3, -0.25) is 0 Å². The Morgan fingerprint density at radius 1 is 1.15 bits per heavy atom. The van der Waals surface area contributed by atoms with Crippen molar-refractivity contribution in [3.63, 3.8) is 0 Å². The van der Waals surface area contributed by atoms with Crippen molar-refractivity contribution >= 4 is 0 Å². The highest BCUT2D eigenvalue weighted by molar-refractivity contribution is 5.26.